The van der Waals surface area contributed by atoms with E-state index in [0.717, 1.165) is 28.5 Å². The summed E-state index contributed by atoms with van der Waals surface area (Å²) in [6.07, 6.45) is 6.43. The molecule has 3 aromatic heterocycles. The average molecular weight is 445 g/mol. The van der Waals surface area contributed by atoms with Gasteiger partial charge in [-0.15, -0.1) is 5.10 Å². The summed E-state index contributed by atoms with van der Waals surface area (Å²) in [6, 6.07) is 19.7. The Morgan fingerprint density at radius 1 is 0.938 bits per heavy atom. The van der Waals surface area contributed by atoms with E-state index < -0.39 is 10.0 Å². The van der Waals surface area contributed by atoms with Crippen LogP contribution in [0.3, 0.4) is 0 Å². The number of nitrogens with one attached hydrogen (secondary N) is 1. The Morgan fingerprint density at radius 2 is 1.59 bits per heavy atom. The van der Waals surface area contributed by atoms with Crippen LogP contribution in [0.2, 0.25) is 0 Å². The largest absolute Gasteiger partial charge is 0.331 e. The number of imidazole rings is 1. The molecule has 9 heteroatoms. The first-order valence-corrected chi connectivity index (χ1v) is 11.8. The highest BCUT2D eigenvalue weighted by molar-refractivity contribution is 7.92. The van der Waals surface area contributed by atoms with Gasteiger partial charge in [0.2, 0.25) is 15.8 Å². The summed E-state index contributed by atoms with van der Waals surface area (Å²) in [5, 5.41) is 4.69. The lowest BCUT2D eigenvalue weighted by Gasteiger charge is -2.11. The zero-order valence-electron chi connectivity index (χ0n) is 17.5. The summed E-state index contributed by atoms with van der Waals surface area (Å²) in [5.74, 6) is 1.03. The van der Waals surface area contributed by atoms with Crippen LogP contribution in [-0.2, 0) is 17.1 Å². The highest BCUT2D eigenvalue weighted by Crippen LogP contribution is 2.39. The zero-order valence-corrected chi connectivity index (χ0v) is 18.3. The molecule has 0 spiro atoms. The summed E-state index contributed by atoms with van der Waals surface area (Å²) in [5.41, 5.74) is 4.24. The van der Waals surface area contributed by atoms with Crippen LogP contribution < -0.4 is 4.72 Å². The lowest BCUT2D eigenvalue weighted by Crippen LogP contribution is -2.14. The van der Waals surface area contributed by atoms with E-state index in [1.54, 1.807) is 21.5 Å². The summed E-state index contributed by atoms with van der Waals surface area (Å²) in [6.45, 7) is 0. The van der Waals surface area contributed by atoms with Crippen LogP contribution in [-0.4, -0.2) is 38.8 Å². The molecule has 0 fully saturated rings. The predicted molar refractivity (Wildman–Crippen MR) is 125 cm³/mol. The second kappa shape index (κ2) is 7.61. The molecule has 1 N–H and O–H groups in total. The number of benzene rings is 2. The molecule has 0 aliphatic heterocycles. The first-order chi connectivity index (χ1) is 15.4. The van der Waals surface area contributed by atoms with Crippen molar-refractivity contribution in [3.8, 4) is 33.9 Å². The Hall–Kier alpha value is -3.98. The smallest absolute Gasteiger partial charge is 0.231 e. The van der Waals surface area contributed by atoms with Crippen LogP contribution in [0.15, 0.2) is 79.3 Å². The number of aryl methyl sites for hydroxylation is 1. The number of nitrogens with zero attached hydrogens (tertiary/aromatic N) is 5. The minimum atomic E-state index is -3.60. The maximum absolute atomic E-state index is 12.2. The van der Waals surface area contributed by atoms with E-state index in [2.05, 4.69) is 19.8 Å². The van der Waals surface area contributed by atoms with Gasteiger partial charge in [-0.1, -0.05) is 60.7 Å². The topological polar surface area (TPSA) is 94.2 Å². The van der Waals surface area contributed by atoms with E-state index in [1.807, 2.05) is 73.9 Å². The second-order valence-electron chi connectivity index (χ2n) is 7.46. The van der Waals surface area contributed by atoms with Crippen LogP contribution in [0.1, 0.15) is 0 Å². The fourth-order valence-electron chi connectivity index (χ4n) is 3.74. The monoisotopic (exact) mass is 444 g/mol. The lowest BCUT2D eigenvalue weighted by molar-refractivity contribution is 0.606. The van der Waals surface area contributed by atoms with Crippen molar-refractivity contribution < 1.29 is 8.42 Å². The van der Waals surface area contributed by atoms with E-state index in [1.165, 1.54) is 0 Å². The van der Waals surface area contributed by atoms with Gasteiger partial charge in [0.25, 0.3) is 0 Å². The number of rotatable bonds is 5. The standard InChI is InChI=1S/C23H20N6O2S/c1-28-14-13-24-23(28)22-25-21(27-32(2,30)31)20-19(17-11-7-4-8-12-17)18(15-29(20)26-22)16-9-5-3-6-10-16/h3-15H,1-2H3,(H,25,26,27). The van der Waals surface area contributed by atoms with Gasteiger partial charge in [-0.05, 0) is 11.1 Å². The minimum Gasteiger partial charge on any atom is -0.331 e. The molecule has 2 aromatic carbocycles. The molecule has 3 heterocycles. The molecule has 0 unspecified atom stereocenters. The number of sulfonamides is 1. The Morgan fingerprint density at radius 3 is 2.19 bits per heavy atom. The third-order valence-corrected chi connectivity index (χ3v) is 5.65. The van der Waals surface area contributed by atoms with Crippen molar-refractivity contribution in [1.29, 1.82) is 0 Å². The van der Waals surface area contributed by atoms with Gasteiger partial charge >= 0.3 is 0 Å². The Balaban J connectivity index is 1.89. The maximum atomic E-state index is 12.2. The minimum absolute atomic E-state index is 0.196. The molecule has 0 atom stereocenters. The molecule has 5 aromatic rings. The molecule has 160 valence electrons. The van der Waals surface area contributed by atoms with E-state index in [4.69, 9.17) is 0 Å². The van der Waals surface area contributed by atoms with Gasteiger partial charge in [-0.25, -0.2) is 22.9 Å². The highest BCUT2D eigenvalue weighted by atomic mass is 32.2. The maximum Gasteiger partial charge on any atom is 0.231 e. The lowest BCUT2D eigenvalue weighted by atomic mass is 9.98. The van der Waals surface area contributed by atoms with Crippen molar-refractivity contribution in [3.05, 3.63) is 79.3 Å². The van der Waals surface area contributed by atoms with Crippen molar-refractivity contribution in [2.75, 3.05) is 11.0 Å². The van der Waals surface area contributed by atoms with Crippen molar-refractivity contribution in [2.45, 2.75) is 0 Å². The Bertz CT molecular complexity index is 1520. The molecular formula is C23H20N6O2S. The molecule has 0 aliphatic rings. The molecule has 0 saturated carbocycles. The second-order valence-corrected chi connectivity index (χ2v) is 9.21. The molecule has 0 saturated heterocycles. The van der Waals surface area contributed by atoms with E-state index in [0.29, 0.717) is 17.2 Å². The fraction of sp³-hybridized carbons (Fsp3) is 0.0870. The van der Waals surface area contributed by atoms with Crippen molar-refractivity contribution >= 4 is 21.4 Å². The molecule has 32 heavy (non-hydrogen) atoms. The fourth-order valence-corrected chi connectivity index (χ4v) is 4.23. The van der Waals surface area contributed by atoms with Gasteiger partial charge in [0.15, 0.2) is 11.6 Å². The number of fused-ring (bicyclic) bond motifs is 1. The van der Waals surface area contributed by atoms with Gasteiger partial charge < -0.3 is 4.57 Å². The summed E-state index contributed by atoms with van der Waals surface area (Å²) in [7, 11) is -1.77. The SMILES string of the molecule is Cn1ccnc1-c1nc(NS(C)(=O)=O)c2c(-c3ccccc3)c(-c3ccccc3)cn2n1. The van der Waals surface area contributed by atoms with Crippen molar-refractivity contribution in [2.24, 2.45) is 7.05 Å². The number of hydrogen-bond acceptors (Lipinski definition) is 5. The van der Waals surface area contributed by atoms with E-state index in [9.17, 15) is 8.42 Å². The molecule has 0 radical (unpaired) electrons. The first-order valence-electron chi connectivity index (χ1n) is 9.90. The van der Waals surface area contributed by atoms with Crippen LogP contribution in [0.25, 0.3) is 39.4 Å². The van der Waals surface area contributed by atoms with Crippen LogP contribution in [0, 0.1) is 0 Å². The zero-order chi connectivity index (χ0) is 22.3. The number of anilines is 1. The first kappa shape index (κ1) is 20.0. The molecule has 5 rings (SSSR count). The molecule has 0 bridgehead atoms. The van der Waals surface area contributed by atoms with Crippen LogP contribution >= 0.6 is 0 Å². The van der Waals surface area contributed by atoms with Crippen molar-refractivity contribution in [1.82, 2.24) is 24.1 Å². The normalized spacial score (nSPS) is 11.7. The van der Waals surface area contributed by atoms with Crippen LogP contribution in [0.5, 0.6) is 0 Å². The summed E-state index contributed by atoms with van der Waals surface area (Å²) >= 11 is 0. The summed E-state index contributed by atoms with van der Waals surface area (Å²) in [4.78, 5) is 8.90. The molecule has 0 amide bonds. The Kier molecular flexibility index (Phi) is 4.75. The van der Waals surface area contributed by atoms with E-state index in [-0.39, 0.29) is 5.82 Å². The van der Waals surface area contributed by atoms with Gasteiger partial charge in [-0.3, -0.25) is 4.72 Å². The van der Waals surface area contributed by atoms with Crippen LogP contribution in [0.4, 0.5) is 5.82 Å². The highest BCUT2D eigenvalue weighted by Gasteiger charge is 2.23. The van der Waals surface area contributed by atoms with Crippen molar-refractivity contribution in [3.63, 3.8) is 0 Å². The van der Waals surface area contributed by atoms with E-state index >= 15 is 0 Å². The third kappa shape index (κ3) is 3.63. The van der Waals surface area contributed by atoms with Gasteiger partial charge in [0, 0.05) is 36.8 Å². The predicted octanol–water partition coefficient (Wildman–Crippen LogP) is 3.84. The summed E-state index contributed by atoms with van der Waals surface area (Å²) < 4.78 is 30.5. The number of hydrogen-bond donors (Lipinski definition) is 1. The van der Waals surface area contributed by atoms with Gasteiger partial charge in [0.05, 0.1) is 6.26 Å². The average Bonchev–Trinajstić information content (AvgIpc) is 3.37. The molecular weight excluding hydrogens is 424 g/mol. The molecule has 0 aliphatic carbocycles. The van der Waals surface area contributed by atoms with Gasteiger partial charge in [-0.2, -0.15) is 0 Å². The quantitative estimate of drug-likeness (QED) is 0.445. The molecule has 8 nitrogen and oxygen atoms in total. The number of aromatic nitrogens is 5. The third-order valence-electron chi connectivity index (χ3n) is 5.08. The Labute approximate surface area is 185 Å². The van der Waals surface area contributed by atoms with Gasteiger partial charge in [0.1, 0.15) is 5.52 Å².